The Balaban J connectivity index is 4.09. The molecular weight excluding hydrogens is 126 g/mol. The van der Waals surface area contributed by atoms with Crippen molar-refractivity contribution in [1.29, 1.82) is 0 Å². The minimum atomic E-state index is 0.708. The molecular formula is C8H13NO. The first kappa shape index (κ1) is 8.82. The maximum atomic E-state index is 4.91. The number of ether oxygens (including phenoxy) is 1. The number of hydrogen-bond acceptors (Lipinski definition) is 2. The summed E-state index contributed by atoms with van der Waals surface area (Å²) in [7, 11) is 3.39. The third-order valence-corrected chi connectivity index (χ3v) is 1.07. The van der Waals surface area contributed by atoms with Crippen LogP contribution in [-0.2, 0) is 4.74 Å². The molecule has 0 aliphatic heterocycles. The zero-order valence-electron chi connectivity index (χ0n) is 6.48. The predicted octanol–water partition coefficient (Wildman–Crippen LogP) is 1.44. The molecule has 0 saturated carbocycles. The van der Waals surface area contributed by atoms with Crippen LogP contribution in [0, 0.1) is 0 Å². The molecule has 0 bridgehead atoms. The summed E-state index contributed by atoms with van der Waals surface area (Å²) in [5.41, 5.74) is 0.803. The molecule has 1 N–H and O–H groups in total. The van der Waals surface area contributed by atoms with Gasteiger partial charge in [0, 0.05) is 18.8 Å². The fourth-order valence-corrected chi connectivity index (χ4v) is 0.445. The Morgan fingerprint density at radius 2 is 2.20 bits per heavy atom. The Labute approximate surface area is 61.9 Å². The topological polar surface area (TPSA) is 21.3 Å². The third-order valence-electron chi connectivity index (χ3n) is 1.07. The summed E-state index contributed by atoms with van der Waals surface area (Å²) in [6, 6.07) is 0. The first-order valence-corrected chi connectivity index (χ1v) is 2.99. The fourth-order valence-electron chi connectivity index (χ4n) is 0.445. The van der Waals surface area contributed by atoms with Gasteiger partial charge in [-0.1, -0.05) is 13.2 Å². The van der Waals surface area contributed by atoms with Gasteiger partial charge in [0.25, 0.3) is 0 Å². The van der Waals surface area contributed by atoms with E-state index in [4.69, 9.17) is 4.74 Å². The SMILES string of the molecule is C=C/C(=C\C(=C)NC)OC. The summed E-state index contributed by atoms with van der Waals surface area (Å²) in [4.78, 5) is 0. The number of allylic oxidation sites excluding steroid dienone is 2. The highest BCUT2D eigenvalue weighted by Gasteiger charge is 1.87. The fraction of sp³-hybridized carbons (Fsp3) is 0.250. The lowest BCUT2D eigenvalue weighted by molar-refractivity contribution is 0.306. The second kappa shape index (κ2) is 4.68. The van der Waals surface area contributed by atoms with Crippen molar-refractivity contribution in [2.45, 2.75) is 0 Å². The van der Waals surface area contributed by atoms with Gasteiger partial charge < -0.3 is 10.1 Å². The monoisotopic (exact) mass is 139 g/mol. The summed E-state index contributed by atoms with van der Waals surface area (Å²) in [5.74, 6) is 0.708. The van der Waals surface area contributed by atoms with Gasteiger partial charge in [-0.3, -0.25) is 0 Å². The second-order valence-electron chi connectivity index (χ2n) is 1.73. The van der Waals surface area contributed by atoms with Crippen molar-refractivity contribution in [2.75, 3.05) is 14.2 Å². The van der Waals surface area contributed by atoms with Crippen molar-refractivity contribution >= 4 is 0 Å². The first-order chi connectivity index (χ1) is 4.74. The minimum Gasteiger partial charge on any atom is -0.497 e. The maximum Gasteiger partial charge on any atom is 0.120 e. The van der Waals surface area contributed by atoms with E-state index >= 15 is 0 Å². The van der Waals surface area contributed by atoms with E-state index in [1.165, 1.54) is 0 Å². The molecule has 56 valence electrons. The Bertz CT molecular complexity index is 159. The molecule has 0 rings (SSSR count). The van der Waals surface area contributed by atoms with Crippen LogP contribution in [0.25, 0.3) is 0 Å². The molecule has 10 heavy (non-hydrogen) atoms. The molecule has 0 unspecified atom stereocenters. The first-order valence-electron chi connectivity index (χ1n) is 2.99. The summed E-state index contributed by atoms with van der Waals surface area (Å²) < 4.78 is 4.91. The molecule has 2 heteroatoms. The van der Waals surface area contributed by atoms with Crippen molar-refractivity contribution in [3.63, 3.8) is 0 Å². The normalized spacial score (nSPS) is 10.4. The Hall–Kier alpha value is -1.18. The van der Waals surface area contributed by atoms with E-state index in [-0.39, 0.29) is 0 Å². The van der Waals surface area contributed by atoms with Crippen LogP contribution in [0.15, 0.2) is 36.8 Å². The second-order valence-corrected chi connectivity index (χ2v) is 1.73. The average Bonchev–Trinajstić information content (AvgIpc) is 1.99. The van der Waals surface area contributed by atoms with Crippen molar-refractivity contribution in [2.24, 2.45) is 0 Å². The molecule has 0 amide bonds. The molecule has 0 aliphatic carbocycles. The van der Waals surface area contributed by atoms with Crippen LogP contribution in [0.1, 0.15) is 0 Å². The molecule has 0 radical (unpaired) electrons. The Kier molecular flexibility index (Phi) is 4.12. The molecule has 2 nitrogen and oxygen atoms in total. The van der Waals surface area contributed by atoms with Crippen LogP contribution in [0.2, 0.25) is 0 Å². The van der Waals surface area contributed by atoms with Crippen LogP contribution < -0.4 is 5.32 Å². The zero-order valence-corrected chi connectivity index (χ0v) is 6.48. The van der Waals surface area contributed by atoms with Crippen LogP contribution in [0.4, 0.5) is 0 Å². The molecule has 0 heterocycles. The highest BCUT2D eigenvalue weighted by molar-refractivity contribution is 5.21. The zero-order chi connectivity index (χ0) is 7.98. The Morgan fingerprint density at radius 1 is 1.60 bits per heavy atom. The van der Waals surface area contributed by atoms with Gasteiger partial charge >= 0.3 is 0 Å². The molecule has 0 atom stereocenters. The van der Waals surface area contributed by atoms with Gasteiger partial charge in [-0.05, 0) is 6.08 Å². The van der Waals surface area contributed by atoms with E-state index in [2.05, 4.69) is 18.5 Å². The molecule has 0 saturated heterocycles. The van der Waals surface area contributed by atoms with Gasteiger partial charge in [-0.2, -0.15) is 0 Å². The van der Waals surface area contributed by atoms with Gasteiger partial charge in [-0.25, -0.2) is 0 Å². The van der Waals surface area contributed by atoms with Gasteiger partial charge in [0.2, 0.25) is 0 Å². The molecule has 0 fully saturated rings. The van der Waals surface area contributed by atoms with E-state index in [0.717, 1.165) is 5.70 Å². The average molecular weight is 139 g/mol. The number of nitrogens with one attached hydrogen (secondary N) is 1. The molecule has 0 spiro atoms. The van der Waals surface area contributed by atoms with Gasteiger partial charge in [-0.15, -0.1) is 0 Å². The highest BCUT2D eigenvalue weighted by Crippen LogP contribution is 1.98. The number of methoxy groups -OCH3 is 1. The molecule has 0 aromatic carbocycles. The minimum absolute atomic E-state index is 0.708. The summed E-state index contributed by atoms with van der Waals surface area (Å²) in [5, 5.41) is 2.87. The lowest BCUT2D eigenvalue weighted by Gasteiger charge is -2.00. The lowest BCUT2D eigenvalue weighted by Crippen LogP contribution is -2.01. The van der Waals surface area contributed by atoms with Crippen molar-refractivity contribution in [3.8, 4) is 0 Å². The van der Waals surface area contributed by atoms with Crippen LogP contribution >= 0.6 is 0 Å². The van der Waals surface area contributed by atoms with Gasteiger partial charge in [0.05, 0.1) is 7.11 Å². The van der Waals surface area contributed by atoms with E-state index in [9.17, 15) is 0 Å². The van der Waals surface area contributed by atoms with Gasteiger partial charge in [0.15, 0.2) is 0 Å². The van der Waals surface area contributed by atoms with Crippen molar-refractivity contribution < 1.29 is 4.74 Å². The number of hydrogen-bond donors (Lipinski definition) is 1. The van der Waals surface area contributed by atoms with Crippen LogP contribution in [0.5, 0.6) is 0 Å². The van der Waals surface area contributed by atoms with Crippen LogP contribution in [-0.4, -0.2) is 14.2 Å². The quantitative estimate of drug-likeness (QED) is 0.470. The van der Waals surface area contributed by atoms with E-state index < -0.39 is 0 Å². The number of rotatable bonds is 4. The summed E-state index contributed by atoms with van der Waals surface area (Å²) in [6.45, 7) is 7.25. The van der Waals surface area contributed by atoms with Crippen LogP contribution in [0.3, 0.4) is 0 Å². The molecule has 0 aromatic rings. The van der Waals surface area contributed by atoms with E-state index in [1.54, 1.807) is 26.3 Å². The summed E-state index contributed by atoms with van der Waals surface area (Å²) in [6.07, 6.45) is 3.40. The molecule has 0 aliphatic rings. The predicted molar refractivity (Wildman–Crippen MR) is 43.5 cm³/mol. The highest BCUT2D eigenvalue weighted by atomic mass is 16.5. The Morgan fingerprint density at radius 3 is 2.50 bits per heavy atom. The molecule has 0 aromatic heterocycles. The smallest absolute Gasteiger partial charge is 0.120 e. The van der Waals surface area contributed by atoms with E-state index in [1.807, 2.05) is 0 Å². The largest absolute Gasteiger partial charge is 0.497 e. The lowest BCUT2D eigenvalue weighted by atomic mass is 10.4. The van der Waals surface area contributed by atoms with Crippen molar-refractivity contribution in [1.82, 2.24) is 5.32 Å². The van der Waals surface area contributed by atoms with E-state index in [0.29, 0.717) is 5.76 Å². The third kappa shape index (κ3) is 2.97. The van der Waals surface area contributed by atoms with Crippen molar-refractivity contribution in [3.05, 3.63) is 36.8 Å². The maximum absolute atomic E-state index is 4.91. The summed E-state index contributed by atoms with van der Waals surface area (Å²) >= 11 is 0. The number of likely N-dealkylation sites (N-methyl/N-ethyl adjacent to an activating group) is 1. The van der Waals surface area contributed by atoms with Gasteiger partial charge in [0.1, 0.15) is 5.76 Å². The standard InChI is InChI=1S/C8H13NO/c1-5-8(10-4)6-7(2)9-3/h5-6,9H,1-2H2,3-4H3/b8-6+.